The fourth-order valence-electron chi connectivity index (χ4n) is 3.56. The topological polar surface area (TPSA) is 68.5 Å². The highest BCUT2D eigenvalue weighted by Gasteiger charge is 2.33. The van der Waals surface area contributed by atoms with Crippen molar-refractivity contribution in [2.45, 2.75) is 0 Å². The fourth-order valence-corrected chi connectivity index (χ4v) is 3.56. The van der Waals surface area contributed by atoms with Crippen LogP contribution in [-0.2, 0) is 11.8 Å². The Balaban J connectivity index is 1.70. The first-order chi connectivity index (χ1) is 14.0. The molecule has 5 rings (SSSR count). The number of aromatic nitrogens is 2. The Bertz CT molecular complexity index is 1270. The van der Waals surface area contributed by atoms with Crippen LogP contribution in [0, 0.1) is 17.6 Å². The van der Waals surface area contributed by atoms with Gasteiger partial charge in [0.1, 0.15) is 17.0 Å². The van der Waals surface area contributed by atoms with Crippen LogP contribution in [0.3, 0.4) is 0 Å². The second-order valence-corrected chi connectivity index (χ2v) is 6.75. The number of hydrogen-bond donors (Lipinski definition) is 1. The molecule has 0 spiro atoms. The average molecular weight is 392 g/mol. The van der Waals surface area contributed by atoms with Gasteiger partial charge in [0, 0.05) is 31.1 Å². The molecule has 0 saturated heterocycles. The molecule has 1 atom stereocenters. The Morgan fingerprint density at radius 3 is 2.90 bits per heavy atom. The quantitative estimate of drug-likeness (QED) is 0.739. The summed E-state index contributed by atoms with van der Waals surface area (Å²) in [5.41, 5.74) is 3.04. The number of aryl methyl sites for hydroxylation is 1. The number of rotatable bonds is 3. The van der Waals surface area contributed by atoms with Crippen molar-refractivity contribution in [1.82, 2.24) is 14.9 Å². The van der Waals surface area contributed by atoms with Crippen molar-refractivity contribution in [3.05, 3.63) is 72.3 Å². The molecule has 0 aliphatic carbocycles. The number of aliphatic imine (C=N–C) groups is 1. The van der Waals surface area contributed by atoms with Crippen LogP contribution in [0.5, 0.6) is 11.5 Å². The Labute approximate surface area is 163 Å². The molecule has 1 aromatic heterocycles. The molecule has 3 aromatic rings. The molecule has 2 aliphatic heterocycles. The number of nitrogens with one attached hydrogen (secondary N) is 1. The largest absolute Gasteiger partial charge is 0.451 e. The molecule has 0 fully saturated rings. The zero-order chi connectivity index (χ0) is 20.1. The number of hydrogen-bond acceptors (Lipinski definition) is 4. The summed E-state index contributed by atoms with van der Waals surface area (Å²) in [6.07, 6.45) is 6.62. The molecule has 1 N–H and O–H groups in total. The van der Waals surface area contributed by atoms with Gasteiger partial charge in [-0.3, -0.25) is 9.79 Å². The van der Waals surface area contributed by atoms with Crippen LogP contribution in [0.25, 0.3) is 16.6 Å². The minimum absolute atomic E-state index is 0.123. The first-order valence-corrected chi connectivity index (χ1v) is 8.85. The van der Waals surface area contributed by atoms with Gasteiger partial charge in [-0.25, -0.2) is 13.8 Å². The van der Waals surface area contributed by atoms with Crippen LogP contribution < -0.4 is 10.1 Å². The molecule has 6 nitrogen and oxygen atoms in total. The summed E-state index contributed by atoms with van der Waals surface area (Å²) < 4.78 is 35.3. The van der Waals surface area contributed by atoms with E-state index in [2.05, 4.69) is 15.3 Å². The number of allylic oxidation sites excluding steroid dienone is 2. The maximum Gasteiger partial charge on any atom is 0.270 e. The van der Waals surface area contributed by atoms with Crippen LogP contribution in [0.4, 0.5) is 8.78 Å². The van der Waals surface area contributed by atoms with Gasteiger partial charge in [0.2, 0.25) is 0 Å². The second kappa shape index (κ2) is 6.37. The molecule has 8 heteroatoms. The lowest BCUT2D eigenvalue weighted by Crippen LogP contribution is -2.36. The van der Waals surface area contributed by atoms with E-state index in [9.17, 15) is 13.6 Å². The first-order valence-electron chi connectivity index (χ1n) is 8.85. The van der Waals surface area contributed by atoms with E-state index in [1.807, 2.05) is 29.8 Å². The van der Waals surface area contributed by atoms with E-state index in [1.165, 1.54) is 6.07 Å². The number of halogens is 2. The lowest BCUT2D eigenvalue weighted by molar-refractivity contribution is -0.114. The zero-order valence-corrected chi connectivity index (χ0v) is 15.2. The van der Waals surface area contributed by atoms with Gasteiger partial charge >= 0.3 is 0 Å². The molecule has 29 heavy (non-hydrogen) atoms. The molecular weight excluding hydrogens is 378 g/mol. The smallest absolute Gasteiger partial charge is 0.270 e. The van der Waals surface area contributed by atoms with Gasteiger partial charge in [-0.15, -0.1) is 0 Å². The number of carbonyl (C=O) groups is 1. The summed E-state index contributed by atoms with van der Waals surface area (Å²) in [6, 6.07) is 6.82. The lowest BCUT2D eigenvalue weighted by Gasteiger charge is -2.23. The third-order valence-corrected chi connectivity index (χ3v) is 4.98. The highest BCUT2D eigenvalue weighted by molar-refractivity contribution is 6.44. The van der Waals surface area contributed by atoms with Crippen molar-refractivity contribution in [1.29, 1.82) is 0 Å². The predicted octanol–water partition coefficient (Wildman–Crippen LogP) is 3.70. The number of imidazole rings is 1. The summed E-state index contributed by atoms with van der Waals surface area (Å²) in [7, 11) is 1.84. The van der Waals surface area contributed by atoms with Gasteiger partial charge in [-0.05, 0) is 29.8 Å². The second-order valence-electron chi connectivity index (χ2n) is 6.75. The highest BCUT2D eigenvalue weighted by atomic mass is 19.1. The van der Waals surface area contributed by atoms with Gasteiger partial charge < -0.3 is 14.6 Å². The monoisotopic (exact) mass is 392 g/mol. The Morgan fingerprint density at radius 2 is 2.07 bits per heavy atom. The number of nitrogens with zero attached hydrogens (tertiary/aromatic N) is 3. The molecule has 0 bridgehead atoms. The van der Waals surface area contributed by atoms with Crippen LogP contribution in [0.2, 0.25) is 0 Å². The van der Waals surface area contributed by atoms with Crippen molar-refractivity contribution in [3.8, 4) is 11.5 Å². The van der Waals surface area contributed by atoms with Gasteiger partial charge in [0.15, 0.2) is 17.3 Å². The van der Waals surface area contributed by atoms with Gasteiger partial charge in [-0.2, -0.15) is 0 Å². The maximum absolute atomic E-state index is 14.3. The third kappa shape index (κ3) is 2.72. The van der Waals surface area contributed by atoms with E-state index < -0.39 is 11.6 Å². The highest BCUT2D eigenvalue weighted by Crippen LogP contribution is 2.41. The van der Waals surface area contributed by atoms with E-state index in [4.69, 9.17) is 4.74 Å². The third-order valence-electron chi connectivity index (χ3n) is 4.98. The molecule has 1 unspecified atom stereocenters. The Morgan fingerprint density at radius 1 is 1.21 bits per heavy atom. The first kappa shape index (κ1) is 17.3. The van der Waals surface area contributed by atoms with Crippen LogP contribution >= 0.6 is 0 Å². The van der Waals surface area contributed by atoms with Gasteiger partial charge in [-0.1, -0.05) is 6.08 Å². The Kier molecular flexibility index (Phi) is 3.80. The zero-order valence-electron chi connectivity index (χ0n) is 15.2. The molecule has 2 aromatic carbocycles. The molecule has 3 heterocycles. The normalized spacial score (nSPS) is 17.8. The van der Waals surface area contributed by atoms with E-state index in [0.29, 0.717) is 22.5 Å². The predicted molar refractivity (Wildman–Crippen MR) is 103 cm³/mol. The average Bonchev–Trinajstić information content (AvgIpc) is 3.33. The van der Waals surface area contributed by atoms with E-state index in [1.54, 1.807) is 18.7 Å². The fraction of sp³-hybridized carbons (Fsp3) is 0.0952. The van der Waals surface area contributed by atoms with Crippen LogP contribution in [-0.4, -0.2) is 21.2 Å². The van der Waals surface area contributed by atoms with Crippen molar-refractivity contribution in [2.75, 3.05) is 0 Å². The van der Waals surface area contributed by atoms with E-state index in [-0.39, 0.29) is 17.6 Å². The van der Waals surface area contributed by atoms with Crippen molar-refractivity contribution >= 4 is 28.2 Å². The van der Waals surface area contributed by atoms with Crippen molar-refractivity contribution in [3.63, 3.8) is 0 Å². The molecular formula is C21H14F2N4O2. The molecule has 144 valence electrons. The number of benzene rings is 2. The molecule has 0 saturated carbocycles. The molecule has 2 aliphatic rings. The summed E-state index contributed by atoms with van der Waals surface area (Å²) in [6.45, 7) is 0. The van der Waals surface area contributed by atoms with Crippen molar-refractivity contribution in [2.24, 2.45) is 18.0 Å². The number of amides is 1. The maximum atomic E-state index is 14.3. The summed E-state index contributed by atoms with van der Waals surface area (Å²) in [5.74, 6) is -1.93. The SMILES string of the molecule is Cn1cnc2c(Oc3ccc(F)cc3F)c(C3=CNC(=O)C4=NC=CC34)ccc21. The standard InChI is InChI=1S/C21H14F2N4O2/c1-27-10-26-19-16(27)4-3-13(14-9-25-21(28)18-12(14)6-7-24-18)20(19)29-17-5-2-11(22)8-15(17)23/h2-10,12H,1H3,(H,25,28). The Hall–Kier alpha value is -3.81. The van der Waals surface area contributed by atoms with Crippen LogP contribution in [0.1, 0.15) is 5.56 Å². The summed E-state index contributed by atoms with van der Waals surface area (Å²) in [5, 5.41) is 2.69. The number of ether oxygens (including phenoxy) is 1. The number of fused-ring (bicyclic) bond motifs is 2. The van der Waals surface area contributed by atoms with E-state index in [0.717, 1.165) is 23.2 Å². The summed E-state index contributed by atoms with van der Waals surface area (Å²) >= 11 is 0. The van der Waals surface area contributed by atoms with Gasteiger partial charge in [0.25, 0.3) is 5.91 Å². The summed E-state index contributed by atoms with van der Waals surface area (Å²) in [4.78, 5) is 20.6. The minimum atomic E-state index is -0.821. The molecule has 0 radical (unpaired) electrons. The molecule has 1 amide bonds. The lowest BCUT2D eigenvalue weighted by atomic mass is 9.87. The van der Waals surface area contributed by atoms with Crippen molar-refractivity contribution < 1.29 is 18.3 Å². The van der Waals surface area contributed by atoms with Crippen LogP contribution in [0.15, 0.2) is 60.1 Å². The minimum Gasteiger partial charge on any atom is -0.451 e. The number of carbonyl (C=O) groups excluding carboxylic acids is 1. The van der Waals surface area contributed by atoms with Gasteiger partial charge in [0.05, 0.1) is 17.8 Å². The van der Waals surface area contributed by atoms with E-state index >= 15 is 0 Å².